The summed E-state index contributed by atoms with van der Waals surface area (Å²) in [6, 6.07) is 2.50. The number of aromatic nitrogens is 2. The fraction of sp³-hybridized carbons (Fsp3) is 0.500. The molecule has 94 valence electrons. The summed E-state index contributed by atoms with van der Waals surface area (Å²) in [5, 5.41) is 12.5. The molecular formula is C14H16N2OS. The van der Waals surface area contributed by atoms with E-state index in [0.717, 1.165) is 12.8 Å². The Hall–Kier alpha value is -1.13. The minimum absolute atomic E-state index is 0.160. The van der Waals surface area contributed by atoms with Crippen molar-refractivity contribution >= 4 is 11.3 Å². The molecule has 2 aromatic heterocycles. The van der Waals surface area contributed by atoms with Crippen LogP contribution in [0.5, 0.6) is 0 Å². The summed E-state index contributed by atoms with van der Waals surface area (Å²) >= 11 is 1.82. The van der Waals surface area contributed by atoms with Crippen LogP contribution in [0.2, 0.25) is 0 Å². The second kappa shape index (κ2) is 3.93. The molecule has 1 fully saturated rings. The Morgan fingerprint density at radius 3 is 3.11 bits per heavy atom. The zero-order chi connectivity index (χ0) is 12.1. The van der Waals surface area contributed by atoms with Gasteiger partial charge in [0.1, 0.15) is 0 Å². The van der Waals surface area contributed by atoms with Crippen LogP contribution in [-0.4, -0.2) is 20.8 Å². The summed E-state index contributed by atoms with van der Waals surface area (Å²) in [6.45, 7) is 0. The van der Waals surface area contributed by atoms with Crippen molar-refractivity contribution in [1.82, 2.24) is 9.55 Å². The summed E-state index contributed by atoms with van der Waals surface area (Å²) in [4.78, 5) is 5.69. The van der Waals surface area contributed by atoms with E-state index in [-0.39, 0.29) is 6.10 Å². The molecule has 0 radical (unpaired) electrons. The number of fused-ring (bicyclic) bond motifs is 3. The van der Waals surface area contributed by atoms with E-state index >= 15 is 0 Å². The molecule has 0 bridgehead atoms. The Bertz CT molecular complexity index is 534. The third kappa shape index (κ3) is 1.36. The molecule has 0 aromatic carbocycles. The second-order valence-corrected chi connectivity index (χ2v) is 6.29. The number of hydrogen-bond acceptors (Lipinski definition) is 3. The van der Waals surface area contributed by atoms with E-state index in [2.05, 4.69) is 21.0 Å². The lowest BCUT2D eigenvalue weighted by atomic mass is 9.81. The number of aliphatic hydroxyl groups is 1. The molecule has 1 aliphatic carbocycles. The zero-order valence-corrected chi connectivity index (χ0v) is 10.9. The topological polar surface area (TPSA) is 38.1 Å². The molecule has 4 rings (SSSR count). The lowest BCUT2D eigenvalue weighted by Crippen LogP contribution is -2.31. The quantitative estimate of drug-likeness (QED) is 0.855. The maximum atomic E-state index is 10.3. The van der Waals surface area contributed by atoms with Crippen LogP contribution >= 0.6 is 11.3 Å². The van der Waals surface area contributed by atoms with Crippen LogP contribution in [0, 0.1) is 5.92 Å². The second-order valence-electron chi connectivity index (χ2n) is 5.35. The average molecular weight is 260 g/mol. The van der Waals surface area contributed by atoms with Crippen LogP contribution in [0.1, 0.15) is 36.6 Å². The first kappa shape index (κ1) is 10.8. The molecule has 3 atom stereocenters. The van der Waals surface area contributed by atoms with Gasteiger partial charge in [0, 0.05) is 16.4 Å². The number of hydrogen-bond donors (Lipinski definition) is 1. The normalized spacial score (nSPS) is 30.2. The molecule has 1 saturated carbocycles. The lowest BCUT2D eigenvalue weighted by molar-refractivity contribution is 0.0510. The monoisotopic (exact) mass is 260 g/mol. The smallest absolute Gasteiger partial charge is 0.0957 e. The molecule has 2 unspecified atom stereocenters. The van der Waals surface area contributed by atoms with Gasteiger partial charge in [-0.05, 0) is 24.3 Å². The van der Waals surface area contributed by atoms with Gasteiger partial charge in [0.05, 0.1) is 30.4 Å². The van der Waals surface area contributed by atoms with Gasteiger partial charge < -0.3 is 9.67 Å². The van der Waals surface area contributed by atoms with E-state index in [1.54, 1.807) is 0 Å². The van der Waals surface area contributed by atoms with Gasteiger partial charge in [-0.15, -0.1) is 11.3 Å². The fourth-order valence-electron chi connectivity index (χ4n) is 3.53. The molecule has 1 aliphatic heterocycles. The van der Waals surface area contributed by atoms with Gasteiger partial charge in [-0.1, -0.05) is 12.8 Å². The van der Waals surface area contributed by atoms with Crippen LogP contribution < -0.4 is 0 Å². The Kier molecular flexibility index (Phi) is 2.35. The van der Waals surface area contributed by atoms with Crippen molar-refractivity contribution in [3.63, 3.8) is 0 Å². The van der Waals surface area contributed by atoms with Crippen LogP contribution in [0.25, 0.3) is 11.3 Å². The first-order chi connectivity index (χ1) is 8.86. The van der Waals surface area contributed by atoms with Gasteiger partial charge in [0.25, 0.3) is 0 Å². The van der Waals surface area contributed by atoms with E-state index in [1.165, 1.54) is 29.0 Å². The molecular weight excluding hydrogens is 244 g/mol. The fourth-order valence-corrected chi connectivity index (χ4v) is 4.61. The van der Waals surface area contributed by atoms with Crippen LogP contribution in [0.15, 0.2) is 24.0 Å². The van der Waals surface area contributed by atoms with Gasteiger partial charge in [-0.2, -0.15) is 0 Å². The minimum Gasteiger partial charge on any atom is -0.393 e. The molecule has 3 nitrogen and oxygen atoms in total. The molecule has 2 aromatic rings. The van der Waals surface area contributed by atoms with E-state index in [4.69, 9.17) is 0 Å². The van der Waals surface area contributed by atoms with Crippen molar-refractivity contribution in [2.24, 2.45) is 5.92 Å². The number of thiophene rings is 1. The van der Waals surface area contributed by atoms with Crippen LogP contribution in [0.4, 0.5) is 0 Å². The maximum absolute atomic E-state index is 10.3. The predicted molar refractivity (Wildman–Crippen MR) is 71.6 cm³/mol. The first-order valence-corrected chi connectivity index (χ1v) is 7.52. The third-order valence-corrected chi connectivity index (χ3v) is 5.38. The number of rotatable bonds is 1. The van der Waals surface area contributed by atoms with Gasteiger partial charge in [0.2, 0.25) is 0 Å². The standard InChI is InChI=1S/C14H16N2OS/c17-12-4-2-1-3-10(12)13-14-9(5-6-18-14)11-7-15-8-16(11)13/h5-8,10,12-13,17H,1-4H2/t10?,12-,13?/m1/s1. The van der Waals surface area contributed by atoms with E-state index < -0.39 is 0 Å². The van der Waals surface area contributed by atoms with Crippen molar-refractivity contribution in [2.45, 2.75) is 37.8 Å². The Labute approximate surface area is 110 Å². The highest BCUT2D eigenvalue weighted by Crippen LogP contribution is 2.49. The lowest BCUT2D eigenvalue weighted by Gasteiger charge is -2.33. The number of aliphatic hydroxyl groups excluding tert-OH is 1. The van der Waals surface area contributed by atoms with Gasteiger partial charge in [-0.3, -0.25) is 0 Å². The highest BCUT2D eigenvalue weighted by atomic mass is 32.1. The minimum atomic E-state index is -0.160. The average Bonchev–Trinajstić information content (AvgIpc) is 3.02. The molecule has 2 aliphatic rings. The summed E-state index contributed by atoms with van der Waals surface area (Å²) < 4.78 is 2.26. The van der Waals surface area contributed by atoms with Crippen molar-refractivity contribution in [3.8, 4) is 11.3 Å². The molecule has 18 heavy (non-hydrogen) atoms. The molecule has 0 saturated heterocycles. The van der Waals surface area contributed by atoms with E-state index in [0.29, 0.717) is 12.0 Å². The molecule has 4 heteroatoms. The number of nitrogens with zero attached hydrogens (tertiary/aromatic N) is 2. The Morgan fingerprint density at radius 2 is 2.22 bits per heavy atom. The van der Waals surface area contributed by atoms with Crippen LogP contribution in [0.3, 0.4) is 0 Å². The van der Waals surface area contributed by atoms with Crippen molar-refractivity contribution < 1.29 is 5.11 Å². The highest BCUT2D eigenvalue weighted by Gasteiger charge is 2.39. The SMILES string of the molecule is O[C@@H]1CCCCC1C1c2sccc2-c2cncn21. The van der Waals surface area contributed by atoms with Gasteiger partial charge >= 0.3 is 0 Å². The van der Waals surface area contributed by atoms with Crippen molar-refractivity contribution in [3.05, 3.63) is 28.8 Å². The van der Waals surface area contributed by atoms with Crippen molar-refractivity contribution in [2.75, 3.05) is 0 Å². The third-order valence-electron chi connectivity index (χ3n) is 4.39. The molecule has 0 spiro atoms. The maximum Gasteiger partial charge on any atom is 0.0957 e. The van der Waals surface area contributed by atoms with E-state index in [1.807, 2.05) is 23.9 Å². The Balaban J connectivity index is 1.82. The van der Waals surface area contributed by atoms with Gasteiger partial charge in [-0.25, -0.2) is 4.98 Å². The summed E-state index contributed by atoms with van der Waals surface area (Å²) in [7, 11) is 0. The molecule has 0 amide bonds. The van der Waals surface area contributed by atoms with Crippen molar-refractivity contribution in [1.29, 1.82) is 0 Å². The number of imidazole rings is 1. The summed E-state index contributed by atoms with van der Waals surface area (Å²) in [5.74, 6) is 0.353. The largest absolute Gasteiger partial charge is 0.393 e. The van der Waals surface area contributed by atoms with Crippen LogP contribution in [-0.2, 0) is 0 Å². The Morgan fingerprint density at radius 1 is 1.33 bits per heavy atom. The zero-order valence-electron chi connectivity index (χ0n) is 10.1. The molecule has 1 N–H and O–H groups in total. The summed E-state index contributed by atoms with van der Waals surface area (Å²) in [6.07, 6.45) is 8.19. The molecule has 3 heterocycles. The van der Waals surface area contributed by atoms with E-state index in [9.17, 15) is 5.11 Å². The highest BCUT2D eigenvalue weighted by molar-refractivity contribution is 7.10. The first-order valence-electron chi connectivity index (χ1n) is 6.64. The summed E-state index contributed by atoms with van der Waals surface area (Å²) in [5.41, 5.74) is 2.54. The predicted octanol–water partition coefficient (Wildman–Crippen LogP) is 3.07. The van der Waals surface area contributed by atoms with Gasteiger partial charge in [0.15, 0.2) is 0 Å².